The van der Waals surface area contributed by atoms with Crippen LogP contribution >= 0.6 is 24.4 Å². The number of carbonyl (C=O) groups excluding carboxylic acids is 14. The van der Waals surface area contributed by atoms with Crippen molar-refractivity contribution in [3.63, 3.8) is 0 Å². The molecular weight excluding hydrogens is 1340 g/mol. The quantitative estimate of drug-likeness (QED) is 0.0167. The number of likely N-dealkylation sites (tertiary alicyclic amines) is 1. The largest absolute Gasteiger partial charge is 0.481 e. The number of carboxylic acids is 1. The molecule has 3 heterocycles. The molecule has 0 radical (unpaired) electrons. The summed E-state index contributed by atoms with van der Waals surface area (Å²) in [5.74, 6) is -14.7. The Bertz CT molecular complexity index is 2940. The molecule has 17 atom stereocenters. The normalized spacial score (nSPS) is 23.8. The van der Waals surface area contributed by atoms with Crippen molar-refractivity contribution in [3.05, 3.63) is 0 Å². The van der Waals surface area contributed by atoms with Crippen molar-refractivity contribution in [2.24, 2.45) is 17.6 Å². The molecule has 0 bridgehead atoms. The van der Waals surface area contributed by atoms with Crippen molar-refractivity contribution < 1.29 is 120 Å². The van der Waals surface area contributed by atoms with E-state index in [0.717, 1.165) is 41.5 Å². The maximum Gasteiger partial charge on any atom is 0.303 e. The number of hydrogen-bond donors (Lipinski definition) is 11. The average Bonchev–Trinajstić information content (AvgIpc) is 0.854. The van der Waals surface area contributed by atoms with E-state index >= 15 is 4.79 Å². The smallest absolute Gasteiger partial charge is 0.303 e. The third-order valence-electron chi connectivity index (χ3n) is 14.9. The second-order valence-electron chi connectivity index (χ2n) is 24.3. The van der Waals surface area contributed by atoms with Crippen molar-refractivity contribution >= 4 is 123 Å². The van der Waals surface area contributed by atoms with E-state index in [9.17, 15) is 72.2 Å². The molecular formula is C60H93N11O25S2. The average molecular weight is 1430 g/mol. The minimum Gasteiger partial charge on any atom is -0.481 e. The van der Waals surface area contributed by atoms with Gasteiger partial charge in [-0.2, -0.15) is 0 Å². The van der Waals surface area contributed by atoms with Crippen molar-refractivity contribution in [1.82, 2.24) is 52.8 Å². The summed E-state index contributed by atoms with van der Waals surface area (Å²) in [4.78, 5) is 198. The number of ether oxygens (including phenoxy) is 9. The summed E-state index contributed by atoms with van der Waals surface area (Å²) in [6, 6.07) is -11.9. The van der Waals surface area contributed by atoms with E-state index in [-0.39, 0.29) is 41.7 Å². The second-order valence-corrected chi connectivity index (χ2v) is 25.5. The highest BCUT2D eigenvalue weighted by atomic mass is 32.1. The number of nitrogens with two attached hydrogens (primary N) is 1. The van der Waals surface area contributed by atoms with Gasteiger partial charge in [0.2, 0.25) is 53.2 Å². The number of nitrogens with one attached hydrogen (secondary N) is 9. The SMILES string of the molecule is CC(=O)N[C@@H](CCC(=O)O)C(=O)N[C@@H](CC(C)C)C(=O)N[C@@H](C)C(=O)N[C@H](C(=O)N[C@H](C(=O)NCC(=O)N1CCC[C@H]1C(=O)NCC(N)=O)C(C)C)[C@@H](C)O[C@H]1O[C@H](COC(C)=O)[C@H](OC(C)=O)[C@H](O[C@H]2O[C@H](COC(C)=O)[C@H](OC(C)=O)[C@H](OC(C)=O)[C@H]2NC(C)=S)[C@H]1NC(C)=S. The van der Waals surface area contributed by atoms with Crippen molar-refractivity contribution in [2.45, 2.75) is 233 Å². The van der Waals surface area contributed by atoms with Crippen LogP contribution in [-0.4, -0.2) is 245 Å². The number of carbonyl (C=O) groups is 15. The van der Waals surface area contributed by atoms with Gasteiger partial charge in [-0.3, -0.25) is 71.9 Å². The molecule has 3 aliphatic heterocycles. The first-order chi connectivity index (χ1) is 45.7. The summed E-state index contributed by atoms with van der Waals surface area (Å²) in [5, 5.41) is 32.6. The molecule has 98 heavy (non-hydrogen) atoms. The zero-order valence-electron chi connectivity index (χ0n) is 57.1. The van der Waals surface area contributed by atoms with E-state index in [4.69, 9.17) is 72.8 Å². The van der Waals surface area contributed by atoms with E-state index < -0.39 is 231 Å². The number of esters is 5. The number of thiocarbonyl (C=S) groups is 2. The molecule has 0 aromatic carbocycles. The third kappa shape index (κ3) is 27.5. The Morgan fingerprint density at radius 3 is 1.57 bits per heavy atom. The monoisotopic (exact) mass is 1430 g/mol. The van der Waals surface area contributed by atoms with Crippen LogP contribution in [0.3, 0.4) is 0 Å². The Morgan fingerprint density at radius 1 is 0.571 bits per heavy atom. The van der Waals surface area contributed by atoms with Gasteiger partial charge in [-0.05, 0) is 65.2 Å². The van der Waals surface area contributed by atoms with Crippen LogP contribution in [-0.2, 0) is 115 Å². The summed E-state index contributed by atoms with van der Waals surface area (Å²) < 4.78 is 54.3. The molecule has 550 valence electrons. The number of amides is 9. The molecule has 3 rings (SSSR count). The van der Waals surface area contributed by atoms with Gasteiger partial charge in [-0.1, -0.05) is 52.1 Å². The molecule has 0 unspecified atom stereocenters. The first-order valence-electron chi connectivity index (χ1n) is 31.5. The van der Waals surface area contributed by atoms with Crippen LogP contribution in [0.1, 0.15) is 129 Å². The molecule has 0 spiro atoms. The maximum atomic E-state index is 15.2. The highest BCUT2D eigenvalue weighted by molar-refractivity contribution is 7.80. The number of hydrogen-bond acceptors (Lipinski definition) is 26. The molecule has 36 nitrogen and oxygen atoms in total. The zero-order chi connectivity index (χ0) is 74.2. The molecule has 3 fully saturated rings. The van der Waals surface area contributed by atoms with Crippen LogP contribution in [0.2, 0.25) is 0 Å². The van der Waals surface area contributed by atoms with Gasteiger partial charge in [-0.15, -0.1) is 0 Å². The maximum absolute atomic E-state index is 15.2. The van der Waals surface area contributed by atoms with Crippen LogP contribution in [0.4, 0.5) is 0 Å². The summed E-state index contributed by atoms with van der Waals surface area (Å²) in [6.07, 6.45) is -15.2. The second kappa shape index (κ2) is 39.9. The Hall–Kier alpha value is -8.33. The van der Waals surface area contributed by atoms with Crippen molar-refractivity contribution in [2.75, 3.05) is 32.8 Å². The Labute approximate surface area is 576 Å². The van der Waals surface area contributed by atoms with Gasteiger partial charge in [0.25, 0.3) is 0 Å². The lowest BCUT2D eigenvalue weighted by molar-refractivity contribution is -0.333. The van der Waals surface area contributed by atoms with Gasteiger partial charge in [0.15, 0.2) is 30.9 Å². The number of rotatable bonds is 35. The van der Waals surface area contributed by atoms with Crippen LogP contribution < -0.4 is 53.6 Å². The molecule has 0 aromatic rings. The van der Waals surface area contributed by atoms with Crippen LogP contribution in [0.25, 0.3) is 0 Å². The molecule has 9 amide bonds. The van der Waals surface area contributed by atoms with E-state index in [0.29, 0.717) is 6.42 Å². The number of primary amides is 1. The van der Waals surface area contributed by atoms with E-state index in [1.165, 1.54) is 46.4 Å². The first kappa shape index (κ1) is 83.9. The van der Waals surface area contributed by atoms with Crippen LogP contribution in [0.15, 0.2) is 0 Å². The van der Waals surface area contributed by atoms with E-state index in [1.807, 2.05) is 0 Å². The number of nitrogens with zero attached hydrogens (tertiary/aromatic N) is 1. The fourth-order valence-corrected chi connectivity index (χ4v) is 11.0. The summed E-state index contributed by atoms with van der Waals surface area (Å²) in [5.41, 5.74) is 5.18. The van der Waals surface area contributed by atoms with Crippen molar-refractivity contribution in [1.29, 1.82) is 0 Å². The molecule has 3 aliphatic rings. The topological polar surface area (TPSA) is 497 Å². The van der Waals surface area contributed by atoms with Gasteiger partial charge < -0.3 is 106 Å². The summed E-state index contributed by atoms with van der Waals surface area (Å²) >= 11 is 11.0. The van der Waals surface area contributed by atoms with Gasteiger partial charge in [0.05, 0.1) is 29.2 Å². The standard InChI is InChI=1S/C60H93N11O25S2/c1-25(2)20-38(68-54(83)37(65-29(7)72)17-18-44(80)81)55(84)64-27(5)53(82)70-46(58(87)69-45(26(3)4)57(86)63-22-43(79)71-19-15-16-39(71)56(85)62-21-42(61)78)28(6)90-59-48(67-31(9)98)52(50(92-35(13)76)41(94-59)24-89-33(11)74)96-60-47(66-30(8)97)51(93-36(14)77)49(91-34(12)75)40(95-60)23-88-32(10)73/h25-28,37-41,45-52,59-60H,15-24H2,1-14H3,(H2,61,78)(H,62,85)(H,63,86)(H,64,84)(H,65,72)(H,66,97)(H,67,98)(H,68,83)(H,69,87)(H,70,82)(H,80,81)/t27-,28+,37-,38-,39-,40+,41+,45-,46-,47+,48+,49-,50-,51+,52+,59-,60+/m0/s1. The highest BCUT2D eigenvalue weighted by Crippen LogP contribution is 2.35. The van der Waals surface area contributed by atoms with E-state index in [1.54, 1.807) is 13.8 Å². The molecule has 0 aliphatic carbocycles. The molecule has 3 saturated heterocycles. The highest BCUT2D eigenvalue weighted by Gasteiger charge is 2.57. The molecule has 38 heteroatoms. The lowest BCUT2D eigenvalue weighted by Gasteiger charge is -2.50. The molecule has 0 aromatic heterocycles. The van der Waals surface area contributed by atoms with Gasteiger partial charge in [0, 0.05) is 54.5 Å². The number of aliphatic carboxylic acids is 1. The Kier molecular flexibility index (Phi) is 34.2. The molecule has 0 saturated carbocycles. The van der Waals surface area contributed by atoms with Gasteiger partial charge in [-0.25, -0.2) is 0 Å². The van der Waals surface area contributed by atoms with Crippen LogP contribution in [0, 0.1) is 11.8 Å². The minimum absolute atomic E-state index is 0.0243. The predicted octanol–water partition coefficient (Wildman–Crippen LogP) is -3.50. The number of carboxylic acid groups (broad SMARTS) is 1. The minimum atomic E-state index is -1.97. The summed E-state index contributed by atoms with van der Waals surface area (Å²) in [7, 11) is 0. The van der Waals surface area contributed by atoms with Crippen molar-refractivity contribution in [3.8, 4) is 0 Å². The van der Waals surface area contributed by atoms with E-state index in [2.05, 4.69) is 47.9 Å². The third-order valence-corrected chi connectivity index (χ3v) is 15.2. The fraction of sp³-hybridized carbons (Fsp3) is 0.717. The lowest BCUT2D eigenvalue weighted by Crippen LogP contribution is -2.71. The fourth-order valence-electron chi connectivity index (χ4n) is 10.7. The van der Waals surface area contributed by atoms with Gasteiger partial charge in [0.1, 0.15) is 79.9 Å². The summed E-state index contributed by atoms with van der Waals surface area (Å²) in [6.45, 7) is 15.7. The van der Waals surface area contributed by atoms with Crippen LogP contribution in [0.5, 0.6) is 0 Å². The Balaban J connectivity index is 2.27. The molecule has 12 N–H and O–H groups in total. The lowest BCUT2D eigenvalue weighted by atomic mass is 9.93. The van der Waals surface area contributed by atoms with Gasteiger partial charge >= 0.3 is 35.8 Å². The Morgan fingerprint density at radius 2 is 1.08 bits per heavy atom. The first-order valence-corrected chi connectivity index (χ1v) is 32.3. The predicted molar refractivity (Wildman–Crippen MR) is 345 cm³/mol. The zero-order valence-corrected chi connectivity index (χ0v) is 58.8.